The van der Waals surface area contributed by atoms with Crippen LogP contribution in [0.2, 0.25) is 0 Å². The van der Waals surface area contributed by atoms with Gasteiger partial charge in [0, 0.05) is 24.5 Å². The average molecular weight is 344 g/mol. The highest BCUT2D eigenvalue weighted by atomic mass is 16.1. The van der Waals surface area contributed by atoms with Crippen LogP contribution in [0.25, 0.3) is 22.2 Å². The fourth-order valence-electron chi connectivity index (χ4n) is 3.08. The van der Waals surface area contributed by atoms with Gasteiger partial charge in [0.2, 0.25) is 0 Å². The van der Waals surface area contributed by atoms with Gasteiger partial charge in [-0.1, -0.05) is 36.4 Å². The molecule has 0 atom stereocenters. The largest absolute Gasteiger partial charge is 0.384 e. The van der Waals surface area contributed by atoms with E-state index < -0.39 is 0 Å². The van der Waals surface area contributed by atoms with Gasteiger partial charge in [-0.15, -0.1) is 0 Å². The molecular formula is C21H20N4O. The molecule has 2 aromatic carbocycles. The summed E-state index contributed by atoms with van der Waals surface area (Å²) in [5.41, 5.74) is 5.81. The summed E-state index contributed by atoms with van der Waals surface area (Å²) in [7, 11) is 0. The lowest BCUT2D eigenvalue weighted by Gasteiger charge is -2.08. The van der Waals surface area contributed by atoms with Crippen molar-refractivity contribution in [1.29, 1.82) is 0 Å². The van der Waals surface area contributed by atoms with Gasteiger partial charge in [-0.25, -0.2) is 4.79 Å². The first-order valence-electron chi connectivity index (χ1n) is 8.73. The van der Waals surface area contributed by atoms with Crippen LogP contribution in [-0.4, -0.2) is 21.5 Å². The number of H-pyrrole nitrogens is 2. The molecule has 3 N–H and O–H groups in total. The van der Waals surface area contributed by atoms with Crippen LogP contribution in [0.3, 0.4) is 0 Å². The highest BCUT2D eigenvalue weighted by Gasteiger charge is 2.04. The molecule has 0 amide bonds. The molecule has 0 bridgehead atoms. The van der Waals surface area contributed by atoms with Crippen LogP contribution in [0.5, 0.6) is 0 Å². The van der Waals surface area contributed by atoms with E-state index in [2.05, 4.69) is 50.6 Å². The summed E-state index contributed by atoms with van der Waals surface area (Å²) in [5.74, 6) is 0. The second kappa shape index (κ2) is 7.27. The van der Waals surface area contributed by atoms with Crippen molar-refractivity contribution in [2.75, 3.05) is 11.9 Å². The smallest absolute Gasteiger partial charge is 0.323 e. The summed E-state index contributed by atoms with van der Waals surface area (Å²) in [6.07, 6.45) is 5.78. The van der Waals surface area contributed by atoms with Gasteiger partial charge in [0.05, 0.1) is 16.7 Å². The Labute approximate surface area is 151 Å². The number of nitrogens with one attached hydrogen (secondary N) is 3. The Bertz CT molecular complexity index is 1070. The Hall–Kier alpha value is -3.34. The highest BCUT2D eigenvalue weighted by Crippen LogP contribution is 2.24. The minimum atomic E-state index is -0.191. The first-order valence-corrected chi connectivity index (χ1v) is 8.73. The molecule has 130 valence electrons. The molecule has 0 aliphatic carbocycles. The number of pyridine rings is 1. The monoisotopic (exact) mass is 344 g/mol. The van der Waals surface area contributed by atoms with E-state index in [4.69, 9.17) is 0 Å². The molecule has 0 saturated carbocycles. The Morgan fingerprint density at radius 3 is 2.62 bits per heavy atom. The number of imidazole rings is 1. The highest BCUT2D eigenvalue weighted by molar-refractivity contribution is 5.81. The quantitative estimate of drug-likeness (QED) is 0.464. The molecule has 5 heteroatoms. The van der Waals surface area contributed by atoms with E-state index in [9.17, 15) is 4.79 Å². The van der Waals surface area contributed by atoms with Crippen LogP contribution in [0.4, 0.5) is 5.69 Å². The van der Waals surface area contributed by atoms with Crippen molar-refractivity contribution in [2.45, 2.75) is 12.8 Å². The maximum absolute atomic E-state index is 11.4. The SMILES string of the molecule is O=c1[nH]c2ccc(-c3cncc(NCCCc4ccccc4)c3)cc2[nH]1. The summed E-state index contributed by atoms with van der Waals surface area (Å²) in [5, 5.41) is 3.44. The molecule has 0 radical (unpaired) electrons. The van der Waals surface area contributed by atoms with Crippen LogP contribution in [0, 0.1) is 0 Å². The van der Waals surface area contributed by atoms with Crippen molar-refractivity contribution in [3.63, 3.8) is 0 Å². The van der Waals surface area contributed by atoms with Crippen molar-refractivity contribution in [3.05, 3.63) is 83.0 Å². The van der Waals surface area contributed by atoms with Crippen LogP contribution in [0.15, 0.2) is 71.8 Å². The molecule has 0 aliphatic heterocycles. The van der Waals surface area contributed by atoms with Gasteiger partial charge in [0.15, 0.2) is 0 Å². The number of aryl methyl sites for hydroxylation is 1. The number of benzene rings is 2. The number of hydrogen-bond donors (Lipinski definition) is 3. The van der Waals surface area contributed by atoms with E-state index in [-0.39, 0.29) is 5.69 Å². The molecule has 2 aromatic heterocycles. The zero-order chi connectivity index (χ0) is 17.8. The van der Waals surface area contributed by atoms with Crippen molar-refractivity contribution in [1.82, 2.24) is 15.0 Å². The number of anilines is 1. The lowest BCUT2D eigenvalue weighted by molar-refractivity contribution is 0.862. The van der Waals surface area contributed by atoms with Crippen molar-refractivity contribution < 1.29 is 0 Å². The molecule has 0 aliphatic rings. The van der Waals surface area contributed by atoms with E-state index in [0.29, 0.717) is 0 Å². The Morgan fingerprint density at radius 2 is 1.73 bits per heavy atom. The summed E-state index contributed by atoms with van der Waals surface area (Å²) >= 11 is 0. The van der Waals surface area contributed by atoms with Crippen molar-refractivity contribution in [2.24, 2.45) is 0 Å². The maximum atomic E-state index is 11.4. The average Bonchev–Trinajstić information content (AvgIpc) is 3.05. The van der Waals surface area contributed by atoms with E-state index in [0.717, 1.165) is 47.2 Å². The number of hydrogen-bond acceptors (Lipinski definition) is 3. The third-order valence-electron chi connectivity index (χ3n) is 4.40. The third kappa shape index (κ3) is 3.67. The molecule has 0 spiro atoms. The van der Waals surface area contributed by atoms with E-state index in [1.807, 2.05) is 36.7 Å². The summed E-state index contributed by atoms with van der Waals surface area (Å²) < 4.78 is 0. The molecular weight excluding hydrogens is 324 g/mol. The molecule has 0 unspecified atom stereocenters. The fraction of sp³-hybridized carbons (Fsp3) is 0.143. The van der Waals surface area contributed by atoms with Crippen molar-refractivity contribution in [3.8, 4) is 11.1 Å². The summed E-state index contributed by atoms with van der Waals surface area (Å²) in [6.45, 7) is 0.893. The number of aromatic nitrogens is 3. The van der Waals surface area contributed by atoms with Crippen LogP contribution in [-0.2, 0) is 6.42 Å². The number of fused-ring (bicyclic) bond motifs is 1. The van der Waals surface area contributed by atoms with E-state index in [1.54, 1.807) is 0 Å². The Kier molecular flexibility index (Phi) is 4.51. The molecule has 5 nitrogen and oxygen atoms in total. The molecule has 4 rings (SSSR count). The van der Waals surface area contributed by atoms with Gasteiger partial charge in [-0.2, -0.15) is 0 Å². The van der Waals surface area contributed by atoms with Gasteiger partial charge < -0.3 is 15.3 Å². The van der Waals surface area contributed by atoms with Crippen LogP contribution < -0.4 is 11.0 Å². The lowest BCUT2D eigenvalue weighted by Crippen LogP contribution is -2.03. The third-order valence-corrected chi connectivity index (χ3v) is 4.40. The summed E-state index contributed by atoms with van der Waals surface area (Å²) in [4.78, 5) is 21.3. The second-order valence-corrected chi connectivity index (χ2v) is 6.32. The van der Waals surface area contributed by atoms with Crippen molar-refractivity contribution >= 4 is 16.7 Å². The fourth-order valence-corrected chi connectivity index (χ4v) is 3.08. The molecule has 0 fully saturated rings. The number of aromatic amines is 2. The number of nitrogens with zero attached hydrogens (tertiary/aromatic N) is 1. The van der Waals surface area contributed by atoms with E-state index in [1.165, 1.54) is 5.56 Å². The molecule has 2 heterocycles. The minimum Gasteiger partial charge on any atom is -0.384 e. The van der Waals surface area contributed by atoms with Crippen LogP contribution in [0.1, 0.15) is 12.0 Å². The van der Waals surface area contributed by atoms with Crippen LogP contribution >= 0.6 is 0 Å². The van der Waals surface area contributed by atoms with Gasteiger partial charge in [-0.05, 0) is 42.2 Å². The molecule has 26 heavy (non-hydrogen) atoms. The zero-order valence-electron chi connectivity index (χ0n) is 14.3. The van der Waals surface area contributed by atoms with Gasteiger partial charge in [-0.3, -0.25) is 4.98 Å². The maximum Gasteiger partial charge on any atom is 0.323 e. The van der Waals surface area contributed by atoms with E-state index >= 15 is 0 Å². The predicted octanol–water partition coefficient (Wildman–Crippen LogP) is 3.96. The first kappa shape index (κ1) is 16.1. The minimum absolute atomic E-state index is 0.191. The molecule has 4 aromatic rings. The molecule has 0 saturated heterocycles. The Morgan fingerprint density at radius 1 is 0.885 bits per heavy atom. The second-order valence-electron chi connectivity index (χ2n) is 6.32. The zero-order valence-corrected chi connectivity index (χ0v) is 14.3. The van der Waals surface area contributed by atoms with Gasteiger partial charge >= 0.3 is 5.69 Å². The Balaban J connectivity index is 1.43. The number of rotatable bonds is 6. The standard InChI is InChI=1S/C21H20N4O/c26-21-24-19-9-8-16(12-20(19)25-21)17-11-18(14-22-13-17)23-10-4-7-15-5-2-1-3-6-15/h1-3,5-6,8-9,11-14,23H,4,7,10H2,(H2,24,25,26). The predicted molar refractivity (Wildman–Crippen MR) is 105 cm³/mol. The normalized spacial score (nSPS) is 10.9. The summed E-state index contributed by atoms with van der Waals surface area (Å²) in [6, 6.07) is 18.4. The topological polar surface area (TPSA) is 73.6 Å². The lowest BCUT2D eigenvalue weighted by atomic mass is 10.1. The van der Waals surface area contributed by atoms with Gasteiger partial charge in [0.25, 0.3) is 0 Å². The van der Waals surface area contributed by atoms with Gasteiger partial charge in [0.1, 0.15) is 0 Å². The first-order chi connectivity index (χ1) is 12.8.